The monoisotopic (exact) mass is 419 g/mol. The van der Waals surface area contributed by atoms with Crippen molar-refractivity contribution in [2.24, 2.45) is 0 Å². The maximum Gasteiger partial charge on any atom is 0.274 e. The summed E-state index contributed by atoms with van der Waals surface area (Å²) in [5.41, 5.74) is 5.34. The van der Waals surface area contributed by atoms with Gasteiger partial charge in [-0.05, 0) is 55.5 Å². The average molecular weight is 420 g/mol. The van der Waals surface area contributed by atoms with Crippen LogP contribution in [0.25, 0.3) is 5.69 Å². The molecule has 1 aliphatic rings. The van der Waals surface area contributed by atoms with Gasteiger partial charge in [0.2, 0.25) is 0 Å². The van der Waals surface area contributed by atoms with E-state index in [0.717, 1.165) is 49.3 Å². The van der Waals surface area contributed by atoms with Gasteiger partial charge in [0.15, 0.2) is 5.69 Å². The van der Waals surface area contributed by atoms with E-state index < -0.39 is 0 Å². The summed E-state index contributed by atoms with van der Waals surface area (Å²) in [5, 5.41) is 20.8. The number of aliphatic hydroxyl groups is 1. The molecule has 0 radical (unpaired) electrons. The van der Waals surface area contributed by atoms with Crippen molar-refractivity contribution in [1.82, 2.24) is 25.2 Å². The van der Waals surface area contributed by atoms with E-state index >= 15 is 0 Å². The third-order valence-electron chi connectivity index (χ3n) is 5.80. The highest BCUT2D eigenvalue weighted by molar-refractivity contribution is 5.93. The van der Waals surface area contributed by atoms with Crippen LogP contribution in [0.4, 0.5) is 0 Å². The molecule has 1 fully saturated rings. The second-order valence-electron chi connectivity index (χ2n) is 8.28. The first kappa shape index (κ1) is 21.2. The van der Waals surface area contributed by atoms with Crippen LogP contribution in [0.1, 0.15) is 45.7 Å². The molecule has 0 atom stereocenters. The zero-order chi connectivity index (χ0) is 21.8. The van der Waals surface area contributed by atoms with Crippen LogP contribution in [0.5, 0.6) is 0 Å². The number of piperidine rings is 1. The minimum absolute atomic E-state index is 0.149. The Labute approximate surface area is 182 Å². The molecule has 1 amide bonds. The fourth-order valence-electron chi connectivity index (χ4n) is 3.91. The van der Waals surface area contributed by atoms with Crippen LogP contribution < -0.4 is 5.32 Å². The van der Waals surface area contributed by atoms with Gasteiger partial charge in [0.1, 0.15) is 0 Å². The van der Waals surface area contributed by atoms with E-state index in [2.05, 4.69) is 32.7 Å². The third-order valence-corrected chi connectivity index (χ3v) is 5.80. The minimum Gasteiger partial charge on any atom is -0.393 e. The zero-order valence-corrected chi connectivity index (χ0v) is 18.1. The Bertz CT molecular complexity index is 1040. The maximum absolute atomic E-state index is 12.7. The fraction of sp³-hybridized carbons (Fsp3) is 0.375. The number of amides is 1. The summed E-state index contributed by atoms with van der Waals surface area (Å²) < 4.78 is 1.69. The third kappa shape index (κ3) is 5.18. The first-order chi connectivity index (χ1) is 15.0. The predicted molar refractivity (Wildman–Crippen MR) is 119 cm³/mol. The minimum atomic E-state index is -0.229. The molecule has 0 bridgehead atoms. The summed E-state index contributed by atoms with van der Waals surface area (Å²) >= 11 is 0. The van der Waals surface area contributed by atoms with E-state index in [0.29, 0.717) is 17.9 Å². The number of rotatable bonds is 6. The van der Waals surface area contributed by atoms with Crippen LogP contribution >= 0.6 is 0 Å². The van der Waals surface area contributed by atoms with Crippen LogP contribution in [0.15, 0.2) is 48.5 Å². The van der Waals surface area contributed by atoms with Gasteiger partial charge >= 0.3 is 0 Å². The van der Waals surface area contributed by atoms with Crippen molar-refractivity contribution in [3.8, 4) is 5.69 Å². The number of hydrogen-bond donors (Lipinski definition) is 2. The molecule has 1 aliphatic heterocycles. The fourth-order valence-corrected chi connectivity index (χ4v) is 3.91. The zero-order valence-electron chi connectivity index (χ0n) is 18.1. The van der Waals surface area contributed by atoms with Crippen LogP contribution in [0.3, 0.4) is 0 Å². The number of nitrogens with one attached hydrogen (secondary N) is 1. The lowest BCUT2D eigenvalue weighted by Crippen LogP contribution is -2.35. The van der Waals surface area contributed by atoms with Crippen LogP contribution in [0.2, 0.25) is 0 Å². The highest BCUT2D eigenvalue weighted by Crippen LogP contribution is 2.15. The Morgan fingerprint density at radius 3 is 2.52 bits per heavy atom. The van der Waals surface area contributed by atoms with Gasteiger partial charge in [-0.1, -0.05) is 41.6 Å². The van der Waals surface area contributed by atoms with Crippen LogP contribution in [-0.4, -0.2) is 50.1 Å². The van der Waals surface area contributed by atoms with Gasteiger partial charge in [-0.3, -0.25) is 9.69 Å². The molecule has 0 spiro atoms. The second-order valence-corrected chi connectivity index (χ2v) is 8.28. The Balaban J connectivity index is 1.34. The largest absolute Gasteiger partial charge is 0.393 e. The number of aryl methyl sites for hydroxylation is 1. The van der Waals surface area contributed by atoms with Gasteiger partial charge in [-0.2, -0.15) is 0 Å². The first-order valence-corrected chi connectivity index (χ1v) is 10.8. The molecule has 162 valence electrons. The lowest BCUT2D eigenvalue weighted by atomic mass is 10.1. The normalized spacial score (nSPS) is 15.2. The summed E-state index contributed by atoms with van der Waals surface area (Å²) in [6.45, 7) is 7.06. The van der Waals surface area contributed by atoms with Crippen molar-refractivity contribution >= 4 is 5.91 Å². The number of carbonyl (C=O) groups excluding carboxylic acids is 1. The van der Waals surface area contributed by atoms with Gasteiger partial charge in [-0.25, -0.2) is 4.68 Å². The molecule has 1 saturated heterocycles. The Kier molecular flexibility index (Phi) is 6.44. The second kappa shape index (κ2) is 9.41. The standard InChI is InChI=1S/C24H29N5O2/c1-17-4-3-5-21(14-17)29-18(2)23(26-27-29)24(31)25-15-19-6-8-20(9-7-19)16-28-12-10-22(30)11-13-28/h3-9,14,22,30H,10-13,15-16H2,1-2H3,(H,25,31). The smallest absolute Gasteiger partial charge is 0.274 e. The summed E-state index contributed by atoms with van der Waals surface area (Å²) in [6, 6.07) is 16.2. The Morgan fingerprint density at radius 2 is 1.81 bits per heavy atom. The summed E-state index contributed by atoms with van der Waals surface area (Å²) in [6.07, 6.45) is 1.54. The van der Waals surface area contributed by atoms with E-state index in [-0.39, 0.29) is 12.0 Å². The topological polar surface area (TPSA) is 83.3 Å². The van der Waals surface area contributed by atoms with Crippen molar-refractivity contribution in [3.05, 3.63) is 76.6 Å². The van der Waals surface area contributed by atoms with Crippen molar-refractivity contribution in [1.29, 1.82) is 0 Å². The molecular formula is C24H29N5O2. The average Bonchev–Trinajstić information content (AvgIpc) is 3.16. The van der Waals surface area contributed by atoms with Gasteiger partial charge in [-0.15, -0.1) is 5.10 Å². The highest BCUT2D eigenvalue weighted by atomic mass is 16.3. The maximum atomic E-state index is 12.7. The van der Waals surface area contributed by atoms with Crippen molar-refractivity contribution in [3.63, 3.8) is 0 Å². The summed E-state index contributed by atoms with van der Waals surface area (Å²) in [5.74, 6) is -0.229. The summed E-state index contributed by atoms with van der Waals surface area (Å²) in [7, 11) is 0. The molecule has 31 heavy (non-hydrogen) atoms. The lowest BCUT2D eigenvalue weighted by Gasteiger charge is -2.29. The molecule has 3 aromatic rings. The van der Waals surface area contributed by atoms with Gasteiger partial charge in [0.25, 0.3) is 5.91 Å². The number of aromatic nitrogens is 3. The number of hydrogen-bond acceptors (Lipinski definition) is 5. The molecule has 0 aliphatic carbocycles. The number of nitrogens with zero attached hydrogens (tertiary/aromatic N) is 4. The van der Waals surface area contributed by atoms with Gasteiger partial charge in [0, 0.05) is 26.2 Å². The molecule has 7 heteroatoms. The molecule has 4 rings (SSSR count). The van der Waals surface area contributed by atoms with Crippen LogP contribution in [0, 0.1) is 13.8 Å². The molecule has 0 saturated carbocycles. The van der Waals surface area contributed by atoms with E-state index in [1.54, 1.807) is 4.68 Å². The van der Waals surface area contributed by atoms with E-state index in [1.165, 1.54) is 5.56 Å². The molecule has 2 aromatic carbocycles. The predicted octanol–water partition coefficient (Wildman–Crippen LogP) is 2.77. The summed E-state index contributed by atoms with van der Waals surface area (Å²) in [4.78, 5) is 15.0. The first-order valence-electron chi connectivity index (χ1n) is 10.8. The lowest BCUT2D eigenvalue weighted by molar-refractivity contribution is 0.0792. The Morgan fingerprint density at radius 1 is 1.10 bits per heavy atom. The SMILES string of the molecule is Cc1cccc(-n2nnc(C(=O)NCc3ccc(CN4CCC(O)CC4)cc3)c2C)c1. The number of benzene rings is 2. The van der Waals surface area contributed by atoms with Crippen molar-refractivity contribution < 1.29 is 9.90 Å². The molecule has 0 unspecified atom stereocenters. The Hall–Kier alpha value is -3.03. The van der Waals surface area contributed by atoms with E-state index in [1.807, 2.05) is 50.2 Å². The molecule has 1 aromatic heterocycles. The number of carbonyl (C=O) groups is 1. The highest BCUT2D eigenvalue weighted by Gasteiger charge is 2.18. The molecule has 7 nitrogen and oxygen atoms in total. The molecular weight excluding hydrogens is 390 g/mol. The van der Waals surface area contributed by atoms with E-state index in [9.17, 15) is 9.90 Å². The van der Waals surface area contributed by atoms with E-state index in [4.69, 9.17) is 0 Å². The molecule has 2 N–H and O–H groups in total. The van der Waals surface area contributed by atoms with Crippen LogP contribution in [-0.2, 0) is 13.1 Å². The number of likely N-dealkylation sites (tertiary alicyclic amines) is 1. The van der Waals surface area contributed by atoms with Gasteiger partial charge < -0.3 is 10.4 Å². The van der Waals surface area contributed by atoms with Crippen molar-refractivity contribution in [2.75, 3.05) is 13.1 Å². The van der Waals surface area contributed by atoms with Crippen molar-refractivity contribution in [2.45, 2.75) is 45.9 Å². The quantitative estimate of drug-likeness (QED) is 0.642. The molecule has 2 heterocycles. The number of aliphatic hydroxyl groups excluding tert-OH is 1. The van der Waals surface area contributed by atoms with Gasteiger partial charge in [0.05, 0.1) is 17.5 Å².